The van der Waals surface area contributed by atoms with Crippen LogP contribution < -0.4 is 14.9 Å². The molecule has 162 valence electrons. The smallest absolute Gasteiger partial charge is 0.229 e. The average Bonchev–Trinajstić information content (AvgIpc) is 3.25. The van der Waals surface area contributed by atoms with Crippen LogP contribution in [0.25, 0.3) is 0 Å². The zero-order valence-electron chi connectivity index (χ0n) is 16.9. The van der Waals surface area contributed by atoms with Crippen molar-refractivity contribution in [1.29, 1.82) is 0 Å². The van der Waals surface area contributed by atoms with E-state index in [9.17, 15) is 8.42 Å². The molecule has 0 spiro atoms. The van der Waals surface area contributed by atoms with E-state index in [-0.39, 0.29) is 0 Å². The second-order valence-electron chi connectivity index (χ2n) is 7.22. The van der Waals surface area contributed by atoms with E-state index in [0.29, 0.717) is 21.7 Å². The number of anilines is 4. The van der Waals surface area contributed by atoms with E-state index < -0.39 is 10.0 Å². The monoisotopic (exact) mass is 475 g/mol. The number of sulfonamides is 1. The SMILES string of the molecule is CS(=O)(=O)Nc1ccc(Sc2nc(Nc3ccc(Cl)cc3)cc(N3CCCC3)n2)cc1. The minimum absolute atomic E-state index is 0.517. The number of nitrogens with one attached hydrogen (secondary N) is 2. The number of hydrogen-bond acceptors (Lipinski definition) is 7. The first-order valence-corrected chi connectivity index (χ1v) is 12.8. The predicted octanol–water partition coefficient (Wildman–Crippen LogP) is 5.00. The molecule has 0 saturated carbocycles. The minimum atomic E-state index is -3.31. The second kappa shape index (κ2) is 9.33. The van der Waals surface area contributed by atoms with Crippen LogP contribution in [0.1, 0.15) is 12.8 Å². The summed E-state index contributed by atoms with van der Waals surface area (Å²) in [7, 11) is -3.31. The number of hydrogen-bond donors (Lipinski definition) is 2. The molecule has 0 bridgehead atoms. The number of rotatable bonds is 7. The van der Waals surface area contributed by atoms with Crippen LogP contribution in [-0.2, 0) is 10.0 Å². The fourth-order valence-electron chi connectivity index (χ4n) is 3.22. The van der Waals surface area contributed by atoms with Gasteiger partial charge in [0.1, 0.15) is 11.6 Å². The molecule has 2 aromatic carbocycles. The molecule has 0 amide bonds. The van der Waals surface area contributed by atoms with Gasteiger partial charge in [0, 0.05) is 40.4 Å². The summed E-state index contributed by atoms with van der Waals surface area (Å²) in [5, 5.41) is 4.62. The Morgan fingerprint density at radius 3 is 2.26 bits per heavy atom. The molecule has 1 aromatic heterocycles. The van der Waals surface area contributed by atoms with Crippen LogP contribution in [0.5, 0.6) is 0 Å². The van der Waals surface area contributed by atoms with E-state index in [1.54, 1.807) is 12.1 Å². The largest absolute Gasteiger partial charge is 0.356 e. The number of nitrogens with zero attached hydrogens (tertiary/aromatic N) is 3. The first-order chi connectivity index (χ1) is 14.8. The number of halogens is 1. The Bertz CT molecular complexity index is 1150. The third kappa shape index (κ3) is 6.25. The van der Waals surface area contributed by atoms with Gasteiger partial charge in [-0.3, -0.25) is 4.72 Å². The van der Waals surface area contributed by atoms with Crippen LogP contribution in [0.15, 0.2) is 64.6 Å². The zero-order valence-corrected chi connectivity index (χ0v) is 19.3. The van der Waals surface area contributed by atoms with Crippen LogP contribution in [-0.4, -0.2) is 37.7 Å². The molecule has 4 rings (SSSR count). The van der Waals surface area contributed by atoms with E-state index >= 15 is 0 Å². The van der Waals surface area contributed by atoms with Gasteiger partial charge in [-0.15, -0.1) is 0 Å². The van der Waals surface area contributed by atoms with Gasteiger partial charge in [0.25, 0.3) is 0 Å². The molecule has 31 heavy (non-hydrogen) atoms. The lowest BCUT2D eigenvalue weighted by atomic mass is 10.3. The molecule has 2 heterocycles. The van der Waals surface area contributed by atoms with E-state index in [2.05, 4.69) is 19.9 Å². The molecule has 7 nitrogen and oxygen atoms in total. The van der Waals surface area contributed by atoms with Crippen LogP contribution in [0.2, 0.25) is 5.02 Å². The predicted molar refractivity (Wildman–Crippen MR) is 127 cm³/mol. The van der Waals surface area contributed by atoms with Gasteiger partial charge in [-0.1, -0.05) is 11.6 Å². The highest BCUT2D eigenvalue weighted by Crippen LogP contribution is 2.31. The second-order valence-corrected chi connectivity index (χ2v) is 10.4. The van der Waals surface area contributed by atoms with Gasteiger partial charge in [-0.05, 0) is 73.1 Å². The number of benzene rings is 2. The van der Waals surface area contributed by atoms with Crippen molar-refractivity contribution in [2.24, 2.45) is 0 Å². The molecule has 1 saturated heterocycles. The molecule has 3 aromatic rings. The Morgan fingerprint density at radius 2 is 1.61 bits per heavy atom. The fourth-order valence-corrected chi connectivity index (χ4v) is 4.68. The summed E-state index contributed by atoms with van der Waals surface area (Å²) in [6.07, 6.45) is 3.44. The first kappa shape index (κ1) is 21.7. The van der Waals surface area contributed by atoms with Gasteiger partial charge in [-0.25, -0.2) is 18.4 Å². The van der Waals surface area contributed by atoms with Gasteiger partial charge in [0.15, 0.2) is 5.16 Å². The Kier molecular flexibility index (Phi) is 6.54. The Hall–Kier alpha value is -2.49. The summed E-state index contributed by atoms with van der Waals surface area (Å²) < 4.78 is 25.2. The highest BCUT2D eigenvalue weighted by molar-refractivity contribution is 7.99. The molecule has 0 atom stereocenters. The lowest BCUT2D eigenvalue weighted by Crippen LogP contribution is -2.19. The normalized spacial score (nSPS) is 13.9. The van der Waals surface area contributed by atoms with Crippen molar-refractivity contribution in [2.75, 3.05) is 34.3 Å². The summed E-state index contributed by atoms with van der Waals surface area (Å²) in [6, 6.07) is 16.6. The fraction of sp³-hybridized carbons (Fsp3) is 0.238. The van der Waals surface area contributed by atoms with Gasteiger partial charge in [0.2, 0.25) is 10.0 Å². The summed E-state index contributed by atoms with van der Waals surface area (Å²) in [5.41, 5.74) is 1.41. The van der Waals surface area contributed by atoms with E-state index in [4.69, 9.17) is 16.6 Å². The summed E-state index contributed by atoms with van der Waals surface area (Å²) >= 11 is 7.41. The van der Waals surface area contributed by atoms with Gasteiger partial charge >= 0.3 is 0 Å². The van der Waals surface area contributed by atoms with Crippen LogP contribution in [0, 0.1) is 0 Å². The summed E-state index contributed by atoms with van der Waals surface area (Å²) in [5.74, 6) is 1.60. The van der Waals surface area contributed by atoms with Crippen LogP contribution >= 0.6 is 23.4 Å². The molecule has 1 fully saturated rings. The maximum atomic E-state index is 11.4. The molecule has 2 N–H and O–H groups in total. The highest BCUT2D eigenvalue weighted by Gasteiger charge is 2.16. The third-order valence-corrected chi connectivity index (χ3v) is 6.34. The van der Waals surface area contributed by atoms with Crippen LogP contribution in [0.3, 0.4) is 0 Å². The molecule has 0 radical (unpaired) electrons. The third-order valence-electron chi connectivity index (χ3n) is 4.61. The van der Waals surface area contributed by atoms with Crippen molar-refractivity contribution < 1.29 is 8.42 Å². The Balaban J connectivity index is 1.58. The topological polar surface area (TPSA) is 87.2 Å². The summed E-state index contributed by atoms with van der Waals surface area (Å²) in [6.45, 7) is 1.96. The van der Waals surface area contributed by atoms with Gasteiger partial charge in [0.05, 0.1) is 6.26 Å². The quantitative estimate of drug-likeness (QED) is 0.465. The number of aromatic nitrogens is 2. The minimum Gasteiger partial charge on any atom is -0.356 e. The lowest BCUT2D eigenvalue weighted by Gasteiger charge is -2.18. The average molecular weight is 476 g/mol. The molecule has 10 heteroatoms. The van der Waals surface area contributed by atoms with Crippen LogP contribution in [0.4, 0.5) is 23.0 Å². The van der Waals surface area contributed by atoms with Crippen molar-refractivity contribution in [3.05, 3.63) is 59.6 Å². The maximum absolute atomic E-state index is 11.4. The molecular weight excluding hydrogens is 454 g/mol. The molecule has 1 aliphatic heterocycles. The lowest BCUT2D eigenvalue weighted by molar-refractivity contribution is 0.607. The highest BCUT2D eigenvalue weighted by atomic mass is 35.5. The first-order valence-electron chi connectivity index (χ1n) is 9.76. The molecule has 0 aliphatic carbocycles. The van der Waals surface area contributed by atoms with Gasteiger partial charge in [-0.2, -0.15) is 0 Å². The standard InChI is InChI=1S/C21H22ClN5O2S2/c1-31(28,29)26-17-8-10-18(11-9-17)30-21-24-19(23-16-6-4-15(22)5-7-16)14-20(25-21)27-12-2-3-13-27/h4-11,14,26H,2-3,12-13H2,1H3,(H,23,24,25). The van der Waals surface area contributed by atoms with Crippen molar-refractivity contribution >= 4 is 56.4 Å². The zero-order chi connectivity index (χ0) is 21.8. The maximum Gasteiger partial charge on any atom is 0.229 e. The van der Waals surface area contributed by atoms with E-state index in [1.807, 2.05) is 42.5 Å². The molecule has 1 aliphatic rings. The van der Waals surface area contributed by atoms with Crippen molar-refractivity contribution in [3.8, 4) is 0 Å². The van der Waals surface area contributed by atoms with E-state index in [0.717, 1.165) is 48.6 Å². The van der Waals surface area contributed by atoms with Crippen molar-refractivity contribution in [2.45, 2.75) is 22.9 Å². The Labute approximate surface area is 191 Å². The van der Waals surface area contributed by atoms with Gasteiger partial charge < -0.3 is 10.2 Å². The van der Waals surface area contributed by atoms with E-state index in [1.165, 1.54) is 11.8 Å². The molecular formula is C21H22ClN5O2S2. The van der Waals surface area contributed by atoms with Crippen molar-refractivity contribution in [3.63, 3.8) is 0 Å². The van der Waals surface area contributed by atoms with Crippen molar-refractivity contribution in [1.82, 2.24) is 9.97 Å². The summed E-state index contributed by atoms with van der Waals surface area (Å²) in [4.78, 5) is 12.6. The molecule has 0 unspecified atom stereocenters. The Morgan fingerprint density at radius 1 is 0.968 bits per heavy atom.